The first-order valence-corrected chi connectivity index (χ1v) is 8.49. The van der Waals surface area contributed by atoms with E-state index in [0.29, 0.717) is 38.1 Å². The van der Waals surface area contributed by atoms with Crippen LogP contribution in [0.5, 0.6) is 5.75 Å². The van der Waals surface area contributed by atoms with Gasteiger partial charge in [0, 0.05) is 24.7 Å². The third-order valence-electron chi connectivity index (χ3n) is 3.74. The Balaban J connectivity index is 1.87. The normalized spacial score (nSPS) is 15.6. The van der Waals surface area contributed by atoms with E-state index in [-0.39, 0.29) is 17.9 Å². The van der Waals surface area contributed by atoms with Crippen LogP contribution in [-0.4, -0.2) is 47.3 Å². The molecule has 1 N–H and O–H groups in total. The van der Waals surface area contributed by atoms with E-state index >= 15 is 0 Å². The second-order valence-electron chi connectivity index (χ2n) is 5.33. The first-order valence-electron chi connectivity index (χ1n) is 7.62. The lowest BCUT2D eigenvalue weighted by atomic mass is 10.0. The Morgan fingerprint density at radius 3 is 2.39 bits per heavy atom. The van der Waals surface area contributed by atoms with Gasteiger partial charge >= 0.3 is 0 Å². The lowest BCUT2D eigenvalue weighted by Crippen LogP contribution is -2.47. The van der Waals surface area contributed by atoms with E-state index in [2.05, 4.69) is 5.32 Å². The fourth-order valence-corrected chi connectivity index (χ4v) is 2.66. The molecular weight excluding hydrogens is 339 g/mol. The van der Waals surface area contributed by atoms with Gasteiger partial charge in [0.2, 0.25) is 0 Å². The molecule has 23 heavy (non-hydrogen) atoms. The van der Waals surface area contributed by atoms with Crippen molar-refractivity contribution < 1.29 is 14.3 Å². The molecule has 5 nitrogen and oxygen atoms in total. The van der Waals surface area contributed by atoms with Gasteiger partial charge in [-0.15, -0.1) is 0 Å². The summed E-state index contributed by atoms with van der Waals surface area (Å²) in [6.07, 6.45) is 1.38. The Morgan fingerprint density at radius 1 is 1.26 bits per heavy atom. The minimum atomic E-state index is -1.06. The maximum Gasteiger partial charge on any atom is 0.253 e. The van der Waals surface area contributed by atoms with Gasteiger partial charge in [-0.3, -0.25) is 9.59 Å². The number of hydrogen-bond acceptors (Lipinski definition) is 3. The number of amides is 2. The Labute approximate surface area is 145 Å². The van der Waals surface area contributed by atoms with Gasteiger partial charge in [0.05, 0.1) is 6.61 Å². The molecule has 1 aromatic rings. The monoisotopic (exact) mass is 358 g/mol. The number of halogens is 2. The molecule has 7 heteroatoms. The minimum absolute atomic E-state index is 0.00637. The van der Waals surface area contributed by atoms with Crippen LogP contribution in [0.4, 0.5) is 0 Å². The van der Waals surface area contributed by atoms with Gasteiger partial charge in [-0.25, -0.2) is 0 Å². The molecule has 0 unspecified atom stereocenters. The molecule has 1 aliphatic rings. The summed E-state index contributed by atoms with van der Waals surface area (Å²) in [5.74, 6) is 0.359. The molecule has 0 bridgehead atoms. The van der Waals surface area contributed by atoms with E-state index in [9.17, 15) is 9.59 Å². The van der Waals surface area contributed by atoms with Crippen molar-refractivity contribution in [3.8, 4) is 5.75 Å². The number of nitrogens with zero attached hydrogens (tertiary/aromatic N) is 1. The van der Waals surface area contributed by atoms with E-state index in [1.807, 2.05) is 6.92 Å². The van der Waals surface area contributed by atoms with Crippen molar-refractivity contribution >= 4 is 35.0 Å². The minimum Gasteiger partial charge on any atom is -0.494 e. The number of rotatable bonds is 5. The van der Waals surface area contributed by atoms with Crippen LogP contribution in [0.15, 0.2) is 24.3 Å². The van der Waals surface area contributed by atoms with Crippen molar-refractivity contribution in [1.29, 1.82) is 0 Å². The number of ether oxygens (including phenoxy) is 1. The second kappa shape index (κ2) is 8.41. The fourth-order valence-electron chi connectivity index (χ4n) is 2.53. The molecule has 0 aliphatic carbocycles. The van der Waals surface area contributed by atoms with Gasteiger partial charge in [-0.2, -0.15) is 0 Å². The molecule has 1 aromatic carbocycles. The standard InChI is InChI=1S/C16H20Cl2N2O3/c1-2-23-13-5-3-11(4-6-13)16(22)20-9-7-12(8-10-20)19-15(21)14(17)18/h3-6,12,14H,2,7-10H2,1H3,(H,19,21). The Hall–Kier alpha value is -1.46. The molecule has 0 spiro atoms. The summed E-state index contributed by atoms with van der Waals surface area (Å²) >= 11 is 11.0. The van der Waals surface area contributed by atoms with E-state index in [4.69, 9.17) is 27.9 Å². The summed E-state index contributed by atoms with van der Waals surface area (Å²) < 4.78 is 5.37. The third-order valence-corrected chi connectivity index (χ3v) is 4.14. The highest BCUT2D eigenvalue weighted by atomic mass is 35.5. The van der Waals surface area contributed by atoms with E-state index in [0.717, 1.165) is 5.75 Å². The zero-order valence-corrected chi connectivity index (χ0v) is 14.4. The van der Waals surface area contributed by atoms with Gasteiger partial charge in [0.25, 0.3) is 11.8 Å². The van der Waals surface area contributed by atoms with Gasteiger partial charge in [0.15, 0.2) is 4.84 Å². The number of carbonyl (C=O) groups excluding carboxylic acids is 2. The van der Waals surface area contributed by atoms with E-state index < -0.39 is 4.84 Å². The zero-order chi connectivity index (χ0) is 16.8. The number of likely N-dealkylation sites (tertiary alicyclic amines) is 1. The predicted molar refractivity (Wildman–Crippen MR) is 90.2 cm³/mol. The summed E-state index contributed by atoms with van der Waals surface area (Å²) in [4.78, 5) is 24.7. The number of benzene rings is 1. The van der Waals surface area contributed by atoms with Gasteiger partial charge in [-0.1, -0.05) is 23.2 Å². The first kappa shape index (κ1) is 17.9. The molecule has 1 saturated heterocycles. The van der Waals surface area contributed by atoms with Crippen LogP contribution in [0.2, 0.25) is 0 Å². The Morgan fingerprint density at radius 2 is 1.87 bits per heavy atom. The highest BCUT2D eigenvalue weighted by Gasteiger charge is 2.25. The summed E-state index contributed by atoms with van der Waals surface area (Å²) in [5.41, 5.74) is 0.637. The summed E-state index contributed by atoms with van der Waals surface area (Å²) in [6, 6.07) is 7.14. The highest BCUT2D eigenvalue weighted by molar-refractivity contribution is 6.53. The van der Waals surface area contributed by atoms with E-state index in [1.165, 1.54) is 0 Å². The van der Waals surface area contributed by atoms with Crippen molar-refractivity contribution in [3.05, 3.63) is 29.8 Å². The van der Waals surface area contributed by atoms with Crippen LogP contribution in [0, 0.1) is 0 Å². The molecule has 126 valence electrons. The summed E-state index contributed by atoms with van der Waals surface area (Å²) in [7, 11) is 0. The molecule has 1 fully saturated rings. The Bertz CT molecular complexity index is 541. The molecule has 1 aliphatic heterocycles. The SMILES string of the molecule is CCOc1ccc(C(=O)N2CCC(NC(=O)C(Cl)Cl)CC2)cc1. The van der Waals surface area contributed by atoms with Gasteiger partial charge in [-0.05, 0) is 44.0 Å². The molecule has 2 rings (SSSR count). The van der Waals surface area contributed by atoms with Crippen molar-refractivity contribution in [2.75, 3.05) is 19.7 Å². The first-order chi connectivity index (χ1) is 11.0. The van der Waals surface area contributed by atoms with Crippen LogP contribution in [-0.2, 0) is 4.79 Å². The lowest BCUT2D eigenvalue weighted by Gasteiger charge is -2.32. The highest BCUT2D eigenvalue weighted by Crippen LogP contribution is 2.17. The lowest BCUT2D eigenvalue weighted by molar-refractivity contribution is -0.120. The average molecular weight is 359 g/mol. The van der Waals surface area contributed by atoms with Crippen molar-refractivity contribution in [3.63, 3.8) is 0 Å². The van der Waals surface area contributed by atoms with Crippen LogP contribution < -0.4 is 10.1 Å². The molecule has 0 radical (unpaired) electrons. The summed E-state index contributed by atoms with van der Waals surface area (Å²) in [6.45, 7) is 3.69. The molecule has 0 atom stereocenters. The number of nitrogens with one attached hydrogen (secondary N) is 1. The topological polar surface area (TPSA) is 58.6 Å². The largest absolute Gasteiger partial charge is 0.494 e. The molecular formula is C16H20Cl2N2O3. The Kier molecular flexibility index (Phi) is 6.54. The van der Waals surface area contributed by atoms with Gasteiger partial charge in [0.1, 0.15) is 5.75 Å². The quantitative estimate of drug-likeness (QED) is 0.823. The molecule has 2 amide bonds. The molecule has 0 aromatic heterocycles. The van der Waals surface area contributed by atoms with Crippen LogP contribution in [0.25, 0.3) is 0 Å². The van der Waals surface area contributed by atoms with Gasteiger partial charge < -0.3 is 15.0 Å². The fraction of sp³-hybridized carbons (Fsp3) is 0.500. The maximum atomic E-state index is 12.5. The average Bonchev–Trinajstić information content (AvgIpc) is 2.56. The predicted octanol–water partition coefficient (Wildman–Crippen LogP) is 2.61. The number of piperidine rings is 1. The number of hydrogen-bond donors (Lipinski definition) is 1. The van der Waals surface area contributed by atoms with Crippen molar-refractivity contribution in [2.45, 2.75) is 30.6 Å². The molecule has 0 saturated carbocycles. The number of alkyl halides is 2. The van der Waals surface area contributed by atoms with Crippen LogP contribution >= 0.6 is 23.2 Å². The van der Waals surface area contributed by atoms with E-state index in [1.54, 1.807) is 29.2 Å². The summed E-state index contributed by atoms with van der Waals surface area (Å²) in [5, 5.41) is 2.78. The smallest absolute Gasteiger partial charge is 0.253 e. The van der Waals surface area contributed by atoms with Crippen molar-refractivity contribution in [2.24, 2.45) is 0 Å². The zero-order valence-electron chi connectivity index (χ0n) is 12.9. The maximum absolute atomic E-state index is 12.5. The van der Waals surface area contributed by atoms with Crippen LogP contribution in [0.1, 0.15) is 30.1 Å². The third kappa shape index (κ3) is 5.01. The second-order valence-corrected chi connectivity index (χ2v) is 6.43. The van der Waals surface area contributed by atoms with Crippen molar-refractivity contribution in [1.82, 2.24) is 10.2 Å². The number of carbonyl (C=O) groups is 2. The molecule has 1 heterocycles. The van der Waals surface area contributed by atoms with Crippen LogP contribution in [0.3, 0.4) is 0 Å².